The first-order valence-corrected chi connectivity index (χ1v) is 5.43. The standard InChI is InChI=1S/C8H11NS.C2H6/c1-6-4-8(10-3)5-9-7(6)2;1-2/h4-5H,1-3H3;1-2H3. The van der Waals surface area contributed by atoms with E-state index in [0.29, 0.717) is 0 Å². The van der Waals surface area contributed by atoms with Crippen LogP contribution in [0.1, 0.15) is 25.1 Å². The van der Waals surface area contributed by atoms with Gasteiger partial charge in [0, 0.05) is 16.8 Å². The van der Waals surface area contributed by atoms with Crippen molar-refractivity contribution in [3.05, 3.63) is 23.5 Å². The molecule has 12 heavy (non-hydrogen) atoms. The summed E-state index contributed by atoms with van der Waals surface area (Å²) in [5.74, 6) is 0. The number of nitrogens with zero attached hydrogens (tertiary/aromatic N) is 1. The number of hydrogen-bond acceptors (Lipinski definition) is 2. The Kier molecular flexibility index (Phi) is 5.81. The van der Waals surface area contributed by atoms with E-state index in [1.165, 1.54) is 10.5 Å². The van der Waals surface area contributed by atoms with E-state index in [1.807, 2.05) is 27.0 Å². The summed E-state index contributed by atoms with van der Waals surface area (Å²) in [6, 6.07) is 2.16. The SMILES string of the molecule is CC.CSc1cnc(C)c(C)c1. The summed E-state index contributed by atoms with van der Waals surface area (Å²) in [6.45, 7) is 8.11. The van der Waals surface area contributed by atoms with Crippen molar-refractivity contribution >= 4 is 11.8 Å². The molecule has 0 saturated carbocycles. The molecule has 0 spiro atoms. The summed E-state index contributed by atoms with van der Waals surface area (Å²) in [6.07, 6.45) is 3.97. The minimum atomic E-state index is 1.12. The predicted molar refractivity (Wildman–Crippen MR) is 56.8 cm³/mol. The maximum Gasteiger partial charge on any atom is 0.0407 e. The second-order valence-corrected chi connectivity index (χ2v) is 3.16. The molecule has 0 aliphatic rings. The Bertz CT molecular complexity index is 233. The third-order valence-corrected chi connectivity index (χ3v) is 2.25. The first-order valence-electron chi connectivity index (χ1n) is 4.21. The lowest BCUT2D eigenvalue weighted by Gasteiger charge is -1.99. The Morgan fingerprint density at radius 2 is 1.83 bits per heavy atom. The van der Waals surface area contributed by atoms with Gasteiger partial charge in [0.05, 0.1) is 0 Å². The molecule has 0 atom stereocenters. The fourth-order valence-electron chi connectivity index (χ4n) is 0.729. The normalized spacial score (nSPS) is 8.75. The van der Waals surface area contributed by atoms with Gasteiger partial charge in [-0.25, -0.2) is 0 Å². The molecule has 1 aromatic heterocycles. The number of hydrogen-bond donors (Lipinski definition) is 0. The lowest BCUT2D eigenvalue weighted by atomic mass is 10.2. The highest BCUT2D eigenvalue weighted by atomic mass is 32.2. The van der Waals surface area contributed by atoms with Gasteiger partial charge in [0.1, 0.15) is 0 Å². The molecule has 0 amide bonds. The number of pyridine rings is 1. The van der Waals surface area contributed by atoms with Crippen molar-refractivity contribution in [1.82, 2.24) is 4.98 Å². The topological polar surface area (TPSA) is 12.9 Å². The number of aromatic nitrogens is 1. The lowest BCUT2D eigenvalue weighted by molar-refractivity contribution is 1.10. The van der Waals surface area contributed by atoms with Crippen molar-refractivity contribution in [2.45, 2.75) is 32.6 Å². The van der Waals surface area contributed by atoms with Crippen LogP contribution in [-0.4, -0.2) is 11.2 Å². The Morgan fingerprint density at radius 3 is 2.25 bits per heavy atom. The minimum absolute atomic E-state index is 1.12. The van der Waals surface area contributed by atoms with Crippen LogP contribution in [0.3, 0.4) is 0 Å². The van der Waals surface area contributed by atoms with Crippen molar-refractivity contribution < 1.29 is 0 Å². The predicted octanol–water partition coefficient (Wildman–Crippen LogP) is 3.45. The van der Waals surface area contributed by atoms with Gasteiger partial charge in [0.25, 0.3) is 0 Å². The fourth-order valence-corrected chi connectivity index (χ4v) is 1.18. The van der Waals surface area contributed by atoms with E-state index >= 15 is 0 Å². The minimum Gasteiger partial charge on any atom is -0.260 e. The summed E-state index contributed by atoms with van der Waals surface area (Å²) in [5.41, 5.74) is 2.39. The highest BCUT2D eigenvalue weighted by Gasteiger charge is 1.94. The Labute approximate surface area is 79.6 Å². The molecule has 0 N–H and O–H groups in total. The van der Waals surface area contributed by atoms with Gasteiger partial charge >= 0.3 is 0 Å². The van der Waals surface area contributed by atoms with Crippen molar-refractivity contribution in [3.8, 4) is 0 Å². The largest absolute Gasteiger partial charge is 0.260 e. The second kappa shape index (κ2) is 6.06. The quantitative estimate of drug-likeness (QED) is 0.618. The smallest absolute Gasteiger partial charge is 0.0407 e. The number of aryl methyl sites for hydroxylation is 2. The van der Waals surface area contributed by atoms with Crippen LogP contribution >= 0.6 is 11.8 Å². The molecule has 1 heterocycles. The van der Waals surface area contributed by atoms with Crippen LogP contribution < -0.4 is 0 Å². The van der Waals surface area contributed by atoms with Gasteiger partial charge in [-0.05, 0) is 31.7 Å². The lowest BCUT2D eigenvalue weighted by Crippen LogP contribution is -1.85. The Hall–Kier alpha value is -0.500. The highest BCUT2D eigenvalue weighted by molar-refractivity contribution is 7.98. The second-order valence-electron chi connectivity index (χ2n) is 2.28. The van der Waals surface area contributed by atoms with Gasteiger partial charge in [-0.3, -0.25) is 4.98 Å². The molecule has 0 bridgehead atoms. The third kappa shape index (κ3) is 3.26. The van der Waals surface area contributed by atoms with Crippen LogP contribution in [-0.2, 0) is 0 Å². The van der Waals surface area contributed by atoms with Gasteiger partial charge in [0.2, 0.25) is 0 Å². The highest BCUT2D eigenvalue weighted by Crippen LogP contribution is 2.15. The summed E-state index contributed by atoms with van der Waals surface area (Å²) < 4.78 is 0. The molecule has 0 unspecified atom stereocenters. The molecular weight excluding hydrogens is 166 g/mol. The van der Waals surface area contributed by atoms with E-state index in [4.69, 9.17) is 0 Å². The maximum atomic E-state index is 4.23. The van der Waals surface area contributed by atoms with Crippen LogP contribution in [0.25, 0.3) is 0 Å². The zero-order chi connectivity index (χ0) is 9.56. The molecule has 1 rings (SSSR count). The van der Waals surface area contributed by atoms with E-state index in [-0.39, 0.29) is 0 Å². The van der Waals surface area contributed by atoms with E-state index in [0.717, 1.165) is 5.69 Å². The molecule has 0 aromatic carbocycles. The molecule has 0 aliphatic carbocycles. The molecule has 1 nitrogen and oxygen atoms in total. The van der Waals surface area contributed by atoms with E-state index in [1.54, 1.807) is 11.8 Å². The zero-order valence-corrected chi connectivity index (χ0v) is 9.33. The summed E-state index contributed by atoms with van der Waals surface area (Å²) >= 11 is 1.73. The maximum absolute atomic E-state index is 4.23. The third-order valence-electron chi connectivity index (χ3n) is 1.55. The van der Waals surface area contributed by atoms with E-state index in [9.17, 15) is 0 Å². The first-order chi connectivity index (χ1) is 5.74. The van der Waals surface area contributed by atoms with Crippen LogP contribution in [0.2, 0.25) is 0 Å². The van der Waals surface area contributed by atoms with Crippen LogP contribution in [0.4, 0.5) is 0 Å². The fraction of sp³-hybridized carbons (Fsp3) is 0.500. The molecule has 0 radical (unpaired) electrons. The molecule has 0 saturated heterocycles. The molecular formula is C10H17NS. The van der Waals surface area contributed by atoms with Crippen molar-refractivity contribution in [1.29, 1.82) is 0 Å². The molecule has 0 aliphatic heterocycles. The van der Waals surface area contributed by atoms with Gasteiger partial charge in [0.15, 0.2) is 0 Å². The number of thioether (sulfide) groups is 1. The molecule has 0 fully saturated rings. The van der Waals surface area contributed by atoms with Crippen LogP contribution in [0, 0.1) is 13.8 Å². The average molecular weight is 183 g/mol. The van der Waals surface area contributed by atoms with Gasteiger partial charge in [-0.15, -0.1) is 11.8 Å². The summed E-state index contributed by atoms with van der Waals surface area (Å²) in [4.78, 5) is 5.47. The van der Waals surface area contributed by atoms with E-state index < -0.39 is 0 Å². The van der Waals surface area contributed by atoms with Crippen LogP contribution in [0.15, 0.2) is 17.2 Å². The van der Waals surface area contributed by atoms with Crippen molar-refractivity contribution in [2.75, 3.05) is 6.26 Å². The van der Waals surface area contributed by atoms with E-state index in [2.05, 4.69) is 24.2 Å². The Balaban J connectivity index is 0.000000561. The van der Waals surface area contributed by atoms with Gasteiger partial charge in [-0.2, -0.15) is 0 Å². The molecule has 68 valence electrons. The zero-order valence-electron chi connectivity index (χ0n) is 8.51. The molecule has 1 aromatic rings. The summed E-state index contributed by atoms with van der Waals surface area (Å²) in [7, 11) is 0. The van der Waals surface area contributed by atoms with Crippen molar-refractivity contribution in [2.24, 2.45) is 0 Å². The summed E-state index contributed by atoms with van der Waals surface area (Å²) in [5, 5.41) is 0. The molecule has 2 heteroatoms. The number of rotatable bonds is 1. The van der Waals surface area contributed by atoms with Gasteiger partial charge in [-0.1, -0.05) is 13.8 Å². The van der Waals surface area contributed by atoms with Gasteiger partial charge < -0.3 is 0 Å². The van der Waals surface area contributed by atoms with Crippen molar-refractivity contribution in [3.63, 3.8) is 0 Å². The monoisotopic (exact) mass is 183 g/mol. The van der Waals surface area contributed by atoms with Crippen LogP contribution in [0.5, 0.6) is 0 Å². The first kappa shape index (κ1) is 11.5. The Morgan fingerprint density at radius 1 is 1.25 bits per heavy atom. The average Bonchev–Trinajstić information content (AvgIpc) is 2.13.